The maximum Gasteiger partial charge on any atom is 0.330 e. The van der Waals surface area contributed by atoms with Gasteiger partial charge in [-0.3, -0.25) is 23.9 Å². The third-order valence-corrected chi connectivity index (χ3v) is 11.8. The van der Waals surface area contributed by atoms with Crippen LogP contribution in [0.5, 0.6) is 0 Å². The van der Waals surface area contributed by atoms with Crippen LogP contribution >= 0.6 is 0 Å². The van der Waals surface area contributed by atoms with Crippen molar-refractivity contribution in [1.82, 2.24) is 20.2 Å². The van der Waals surface area contributed by atoms with E-state index in [9.17, 15) is 54.9 Å². The largest absolute Gasteiger partial charge is 0.394 e. The summed E-state index contributed by atoms with van der Waals surface area (Å²) in [7, 11) is 0. The van der Waals surface area contributed by atoms with Gasteiger partial charge in [-0.2, -0.15) is 0 Å². The van der Waals surface area contributed by atoms with E-state index in [1.54, 1.807) is 13.0 Å². The first-order valence-electron chi connectivity index (χ1n) is 21.9. The van der Waals surface area contributed by atoms with Crippen LogP contribution in [0, 0.1) is 11.8 Å². The molecule has 0 aliphatic carbocycles. The lowest BCUT2D eigenvalue weighted by molar-refractivity contribution is -0.346. The molecule has 3 aliphatic rings. The van der Waals surface area contributed by atoms with E-state index in [1.165, 1.54) is 51.0 Å². The summed E-state index contributed by atoms with van der Waals surface area (Å²) in [6, 6.07) is -1.82. The van der Waals surface area contributed by atoms with Gasteiger partial charge in [0.1, 0.15) is 54.8 Å². The highest BCUT2D eigenvalue weighted by molar-refractivity contribution is 5.87. The van der Waals surface area contributed by atoms with Crippen molar-refractivity contribution in [2.24, 2.45) is 11.8 Å². The first-order valence-corrected chi connectivity index (χ1v) is 21.9. The van der Waals surface area contributed by atoms with Gasteiger partial charge in [0.2, 0.25) is 11.8 Å². The highest BCUT2D eigenvalue weighted by atomic mass is 16.8. The van der Waals surface area contributed by atoms with Crippen LogP contribution < -0.4 is 21.9 Å². The van der Waals surface area contributed by atoms with E-state index in [0.29, 0.717) is 6.42 Å². The third kappa shape index (κ3) is 14.5. The summed E-state index contributed by atoms with van der Waals surface area (Å²) in [5, 5.41) is 81.0. The van der Waals surface area contributed by atoms with Gasteiger partial charge in [0.15, 0.2) is 18.8 Å². The lowest BCUT2D eigenvalue weighted by Gasteiger charge is -2.47. The predicted molar refractivity (Wildman–Crippen MR) is 219 cm³/mol. The number of H-pyrrole nitrogens is 1. The van der Waals surface area contributed by atoms with Gasteiger partial charge >= 0.3 is 5.69 Å². The van der Waals surface area contributed by atoms with Gasteiger partial charge in [0.05, 0.1) is 18.8 Å². The number of hydrogen-bond donors (Lipinski definition) is 10. The average Bonchev–Trinajstić information content (AvgIpc) is 3.50. The van der Waals surface area contributed by atoms with Gasteiger partial charge in [0, 0.05) is 19.2 Å². The highest BCUT2D eigenvalue weighted by Gasteiger charge is 2.53. The van der Waals surface area contributed by atoms with Crippen LogP contribution in [-0.4, -0.2) is 143 Å². The molecule has 3 saturated heterocycles. The van der Waals surface area contributed by atoms with E-state index < -0.39 is 121 Å². The van der Waals surface area contributed by atoms with Gasteiger partial charge in [-0.1, -0.05) is 91.1 Å². The van der Waals surface area contributed by atoms with Crippen LogP contribution in [0.4, 0.5) is 0 Å². The van der Waals surface area contributed by atoms with E-state index in [4.69, 9.17) is 18.9 Å². The van der Waals surface area contributed by atoms with Crippen molar-refractivity contribution in [3.8, 4) is 0 Å². The fourth-order valence-electron chi connectivity index (χ4n) is 8.26. The molecule has 348 valence electrons. The van der Waals surface area contributed by atoms with Gasteiger partial charge in [-0.15, -0.1) is 0 Å². The fourth-order valence-corrected chi connectivity index (χ4v) is 8.26. The van der Waals surface area contributed by atoms with Crippen LogP contribution in [0.3, 0.4) is 0 Å². The van der Waals surface area contributed by atoms with Crippen LogP contribution in [-0.2, 0) is 28.5 Å². The Bertz CT molecular complexity index is 1640. The van der Waals surface area contributed by atoms with E-state index >= 15 is 0 Å². The van der Waals surface area contributed by atoms with Crippen molar-refractivity contribution in [2.45, 2.75) is 197 Å². The maximum absolute atomic E-state index is 13.2. The molecular formula is C42H70N4O15. The Morgan fingerprint density at radius 1 is 0.770 bits per heavy atom. The maximum atomic E-state index is 13.2. The molecule has 0 bridgehead atoms. The zero-order valence-corrected chi connectivity index (χ0v) is 35.8. The Morgan fingerprint density at radius 3 is 1.90 bits per heavy atom. The summed E-state index contributed by atoms with van der Waals surface area (Å²) in [5.41, 5.74) is -1.55. The van der Waals surface area contributed by atoms with Crippen LogP contribution in [0.1, 0.15) is 117 Å². The van der Waals surface area contributed by atoms with Crippen molar-refractivity contribution in [1.29, 1.82) is 0 Å². The topological polar surface area (TPSA) is 292 Å². The number of ether oxygens (including phenoxy) is 4. The molecule has 61 heavy (non-hydrogen) atoms. The van der Waals surface area contributed by atoms with Crippen molar-refractivity contribution >= 4 is 11.8 Å². The molecule has 19 heteroatoms. The Balaban J connectivity index is 1.40. The zero-order chi connectivity index (χ0) is 44.8. The summed E-state index contributed by atoms with van der Waals surface area (Å²) in [6.45, 7) is 6.53. The fraction of sp³-hybridized carbons (Fsp3) is 0.810. The number of aromatic nitrogens is 2. The van der Waals surface area contributed by atoms with Crippen molar-refractivity contribution < 1.29 is 64.3 Å². The number of aromatic amines is 1. The van der Waals surface area contributed by atoms with E-state index in [-0.39, 0.29) is 6.42 Å². The monoisotopic (exact) mass is 870 g/mol. The molecule has 0 unspecified atom stereocenters. The minimum absolute atomic E-state index is 0.153. The number of hydrogen-bond acceptors (Lipinski definition) is 15. The van der Waals surface area contributed by atoms with Crippen molar-refractivity contribution in [3.63, 3.8) is 0 Å². The number of allylic oxidation sites excluding steroid dienone is 1. The molecule has 19 nitrogen and oxygen atoms in total. The molecule has 15 atom stereocenters. The number of carbonyl (C=O) groups excluding carboxylic acids is 2. The number of rotatable bonds is 23. The quantitative estimate of drug-likeness (QED) is 0.0511. The average molecular weight is 871 g/mol. The number of carbonyl (C=O) groups is 2. The molecule has 3 fully saturated rings. The Labute approximate surface area is 356 Å². The molecule has 2 amide bonds. The lowest BCUT2D eigenvalue weighted by atomic mass is 9.87. The van der Waals surface area contributed by atoms with E-state index in [1.807, 2.05) is 0 Å². The molecular weight excluding hydrogens is 800 g/mol. The number of aliphatic hydroxyl groups is 7. The Morgan fingerprint density at radius 2 is 1.33 bits per heavy atom. The molecule has 4 rings (SSSR count). The summed E-state index contributed by atoms with van der Waals surface area (Å²) >= 11 is 0. The smallest absolute Gasteiger partial charge is 0.330 e. The first-order chi connectivity index (χ1) is 29.0. The van der Waals surface area contributed by atoms with Crippen molar-refractivity contribution in [3.05, 3.63) is 45.3 Å². The summed E-state index contributed by atoms with van der Waals surface area (Å²) < 4.78 is 24.8. The number of aliphatic hydroxyl groups excluding tert-OH is 7. The SMILES string of the molecule is CC(=O)N[C@H]1[C@H](O[C@@H]2O[C@H](C[C@@H](C)[C@H]3O[C@@H](n4ccc(=O)[nH]c4=O)[C@H](O)[C@@H]3O)[C@H](O)[C@H](O)[C@H]2NC(=O)/C=C/CCCCCCCCCCCCC(C)C)O[C@@H](CO)[C@H](O)[C@@H]1O. The molecule has 3 aliphatic heterocycles. The molecule has 4 heterocycles. The minimum atomic E-state index is -1.74. The number of nitrogens with one attached hydrogen (secondary N) is 3. The van der Waals surface area contributed by atoms with E-state index in [2.05, 4.69) is 29.5 Å². The summed E-state index contributed by atoms with van der Waals surface area (Å²) in [4.78, 5) is 51.4. The third-order valence-electron chi connectivity index (χ3n) is 11.8. The van der Waals surface area contributed by atoms with Gasteiger partial charge < -0.3 is 65.3 Å². The second kappa shape index (κ2) is 24.7. The Kier molecular flexibility index (Phi) is 20.5. The molecule has 0 aromatic carbocycles. The molecule has 10 N–H and O–H groups in total. The van der Waals surface area contributed by atoms with Gasteiger partial charge in [-0.05, 0) is 37.2 Å². The van der Waals surface area contributed by atoms with Crippen molar-refractivity contribution in [2.75, 3.05) is 6.61 Å². The van der Waals surface area contributed by atoms with Crippen LogP contribution in [0.15, 0.2) is 34.0 Å². The standard InChI is InChI=1S/C42H70N4O15/c1-23(2)17-15-13-11-9-7-5-6-8-10-12-14-16-18-28(49)44-31-35(54)32(51)26(58-41(31)61-40-30(43-25(4)48)34(53)33(52)27(22-47)59-40)21-24(3)38-36(55)37(56)39(60-38)46-20-19-29(50)45-42(46)57/h16,18-20,23-24,26-27,30-41,47,51-56H,5-15,17,21-22H2,1-4H3,(H,43,48)(H,44,49)(H,45,50,57)/b18-16+/t24-,26-,27+,30-,31-,32+,33+,34-,35-,36+,37-,38-,39-,40+,41+/m1/s1. The predicted octanol–water partition coefficient (Wildman–Crippen LogP) is -0.0328. The summed E-state index contributed by atoms with van der Waals surface area (Å²) in [6.07, 6.45) is -0.614. The molecule has 1 aromatic heterocycles. The number of nitrogens with zero attached hydrogens (tertiary/aromatic N) is 1. The molecule has 0 saturated carbocycles. The zero-order valence-electron chi connectivity index (χ0n) is 35.8. The molecule has 0 radical (unpaired) electrons. The van der Waals surface area contributed by atoms with Crippen LogP contribution in [0.2, 0.25) is 0 Å². The molecule has 0 spiro atoms. The highest BCUT2D eigenvalue weighted by Crippen LogP contribution is 2.37. The van der Waals surface area contributed by atoms with Crippen LogP contribution in [0.25, 0.3) is 0 Å². The van der Waals surface area contributed by atoms with E-state index in [0.717, 1.165) is 55.4 Å². The van der Waals surface area contributed by atoms with Gasteiger partial charge in [0.25, 0.3) is 5.56 Å². The number of amides is 2. The van der Waals surface area contributed by atoms with Gasteiger partial charge in [-0.25, -0.2) is 4.79 Å². The first kappa shape index (κ1) is 50.6. The molecule has 1 aromatic rings. The second-order valence-corrected chi connectivity index (χ2v) is 17.2. The normalized spacial score (nSPS) is 33.6. The minimum Gasteiger partial charge on any atom is -0.394 e. The summed E-state index contributed by atoms with van der Waals surface area (Å²) in [5.74, 6) is -1.24. The second-order valence-electron chi connectivity index (χ2n) is 17.2. The lowest BCUT2D eigenvalue weighted by Crippen LogP contribution is -2.68. The Hall–Kier alpha value is -3.08. The number of unbranched alkanes of at least 4 members (excludes halogenated alkanes) is 10.